The van der Waals surface area contributed by atoms with Crippen molar-refractivity contribution in [2.24, 2.45) is 0 Å². The average molecular weight is 372 g/mol. The second kappa shape index (κ2) is 7.64. The highest BCUT2D eigenvalue weighted by molar-refractivity contribution is 6.30. The molecule has 2 fully saturated rings. The van der Waals surface area contributed by atoms with Crippen LogP contribution in [0.3, 0.4) is 0 Å². The Morgan fingerprint density at radius 1 is 1.04 bits per heavy atom. The third-order valence-electron chi connectivity index (χ3n) is 4.89. The van der Waals surface area contributed by atoms with Gasteiger partial charge in [0.2, 0.25) is 0 Å². The van der Waals surface area contributed by atoms with E-state index in [9.17, 15) is 4.79 Å². The highest BCUT2D eigenvalue weighted by Crippen LogP contribution is 2.28. The fourth-order valence-corrected chi connectivity index (χ4v) is 3.48. The van der Waals surface area contributed by atoms with Gasteiger partial charge in [-0.2, -0.15) is 0 Å². The van der Waals surface area contributed by atoms with E-state index in [0.717, 1.165) is 38.6 Å². The Balaban J connectivity index is 1.43. The second-order valence-electron chi connectivity index (χ2n) is 6.88. The summed E-state index contributed by atoms with van der Waals surface area (Å²) in [5, 5.41) is 0.654. The van der Waals surface area contributed by atoms with Crippen molar-refractivity contribution in [1.82, 2.24) is 14.8 Å². The van der Waals surface area contributed by atoms with Crippen molar-refractivity contribution in [1.29, 1.82) is 0 Å². The molecule has 6 heteroatoms. The smallest absolute Gasteiger partial charge is 0.255 e. The van der Waals surface area contributed by atoms with Gasteiger partial charge in [-0.1, -0.05) is 11.6 Å². The van der Waals surface area contributed by atoms with Gasteiger partial charge in [-0.05, 0) is 49.6 Å². The normalized spacial score (nSPS) is 18.4. The van der Waals surface area contributed by atoms with Gasteiger partial charge in [0.1, 0.15) is 11.5 Å². The number of hydrogen-bond acceptors (Lipinski definition) is 4. The number of hydrogen-bond donors (Lipinski definition) is 0. The van der Waals surface area contributed by atoms with Crippen LogP contribution in [-0.2, 0) is 0 Å². The van der Waals surface area contributed by atoms with Crippen LogP contribution in [0.4, 0.5) is 0 Å². The summed E-state index contributed by atoms with van der Waals surface area (Å²) in [7, 11) is 0. The predicted molar refractivity (Wildman–Crippen MR) is 101 cm³/mol. The summed E-state index contributed by atoms with van der Waals surface area (Å²) < 4.78 is 5.79. The lowest BCUT2D eigenvalue weighted by Crippen LogP contribution is -2.35. The number of halogens is 1. The van der Waals surface area contributed by atoms with Crippen molar-refractivity contribution in [3.8, 4) is 11.5 Å². The first-order valence-electron chi connectivity index (χ1n) is 9.11. The molecule has 0 atom stereocenters. The van der Waals surface area contributed by atoms with Crippen LogP contribution >= 0.6 is 11.6 Å². The van der Waals surface area contributed by atoms with Crippen LogP contribution in [0, 0.1) is 0 Å². The molecule has 0 radical (unpaired) electrons. The maximum Gasteiger partial charge on any atom is 0.255 e. The molecule has 2 aliphatic rings. The van der Waals surface area contributed by atoms with Crippen LogP contribution in [-0.4, -0.2) is 52.9 Å². The highest BCUT2D eigenvalue weighted by atomic mass is 35.5. The van der Waals surface area contributed by atoms with Gasteiger partial charge in [-0.3, -0.25) is 14.7 Å². The average Bonchev–Trinajstić information content (AvgIpc) is 3.49. The Morgan fingerprint density at radius 3 is 2.62 bits per heavy atom. The first kappa shape index (κ1) is 17.3. The molecule has 136 valence electrons. The molecule has 5 nitrogen and oxygen atoms in total. The molecule has 26 heavy (non-hydrogen) atoms. The van der Waals surface area contributed by atoms with E-state index in [-0.39, 0.29) is 5.91 Å². The van der Waals surface area contributed by atoms with Gasteiger partial charge in [0, 0.05) is 43.4 Å². The largest absolute Gasteiger partial charge is 0.456 e. The molecule has 1 aromatic heterocycles. The van der Waals surface area contributed by atoms with Crippen molar-refractivity contribution in [3.05, 3.63) is 53.3 Å². The zero-order valence-electron chi connectivity index (χ0n) is 14.6. The lowest BCUT2D eigenvalue weighted by Gasteiger charge is -2.22. The number of nitrogens with zero attached hydrogens (tertiary/aromatic N) is 3. The fraction of sp³-hybridized carbons (Fsp3) is 0.400. The quantitative estimate of drug-likeness (QED) is 0.819. The number of benzene rings is 1. The van der Waals surface area contributed by atoms with Crippen LogP contribution in [0.2, 0.25) is 5.02 Å². The van der Waals surface area contributed by atoms with Crippen LogP contribution in [0.15, 0.2) is 42.7 Å². The van der Waals surface area contributed by atoms with E-state index in [4.69, 9.17) is 16.3 Å². The molecule has 2 aromatic rings. The van der Waals surface area contributed by atoms with Crippen LogP contribution < -0.4 is 4.74 Å². The van der Waals surface area contributed by atoms with Gasteiger partial charge in [-0.25, -0.2) is 0 Å². The van der Waals surface area contributed by atoms with Gasteiger partial charge in [0.05, 0.1) is 11.8 Å². The number of ether oxygens (including phenoxy) is 1. The van der Waals surface area contributed by atoms with E-state index >= 15 is 0 Å². The van der Waals surface area contributed by atoms with Crippen LogP contribution in [0.1, 0.15) is 29.6 Å². The van der Waals surface area contributed by atoms with E-state index in [1.807, 2.05) is 4.90 Å². The zero-order chi connectivity index (χ0) is 17.9. The fourth-order valence-electron chi connectivity index (χ4n) is 3.36. The molecular formula is C20H22ClN3O2. The number of carbonyl (C=O) groups excluding carboxylic acids is 1. The molecule has 1 aliphatic carbocycles. The second-order valence-corrected chi connectivity index (χ2v) is 7.31. The van der Waals surface area contributed by atoms with E-state index in [1.165, 1.54) is 12.8 Å². The van der Waals surface area contributed by atoms with Crippen molar-refractivity contribution in [2.45, 2.75) is 25.3 Å². The van der Waals surface area contributed by atoms with Gasteiger partial charge in [0.15, 0.2) is 0 Å². The van der Waals surface area contributed by atoms with Crippen molar-refractivity contribution < 1.29 is 9.53 Å². The molecule has 1 amide bonds. The molecule has 1 aliphatic heterocycles. The monoisotopic (exact) mass is 371 g/mol. The number of amides is 1. The first-order chi connectivity index (χ1) is 12.7. The predicted octanol–water partition coefficient (Wildman–Crippen LogP) is 3.84. The van der Waals surface area contributed by atoms with Crippen molar-refractivity contribution >= 4 is 17.5 Å². The molecule has 2 heterocycles. The van der Waals surface area contributed by atoms with Gasteiger partial charge < -0.3 is 9.64 Å². The Labute approximate surface area is 158 Å². The molecule has 0 N–H and O–H groups in total. The molecular weight excluding hydrogens is 350 g/mol. The summed E-state index contributed by atoms with van der Waals surface area (Å²) in [5.41, 5.74) is 0.566. The highest BCUT2D eigenvalue weighted by Gasteiger charge is 2.31. The molecule has 4 rings (SSSR count). The summed E-state index contributed by atoms with van der Waals surface area (Å²) in [6.45, 7) is 3.62. The SMILES string of the molecule is O=C(c1cncc(Oc2ccc(Cl)cc2)c1)N1CCCN(C2CC2)CC1. The zero-order valence-corrected chi connectivity index (χ0v) is 15.4. The molecule has 0 bridgehead atoms. The summed E-state index contributed by atoms with van der Waals surface area (Å²) >= 11 is 5.89. The number of carbonyl (C=O) groups is 1. The standard InChI is InChI=1S/C20H22ClN3O2/c21-16-2-6-18(7-3-16)26-19-12-15(13-22-14-19)20(25)24-9-1-8-23(10-11-24)17-4-5-17/h2-3,6-7,12-14,17H,1,4-5,8-11H2. The molecule has 1 saturated heterocycles. The minimum atomic E-state index is 0.0247. The van der Waals surface area contributed by atoms with Crippen LogP contribution in [0.25, 0.3) is 0 Å². The maximum atomic E-state index is 12.9. The number of aromatic nitrogens is 1. The third kappa shape index (κ3) is 4.17. The Kier molecular flexibility index (Phi) is 5.09. The maximum absolute atomic E-state index is 12.9. The Bertz CT molecular complexity index is 777. The van der Waals surface area contributed by atoms with E-state index in [1.54, 1.807) is 42.7 Å². The number of rotatable bonds is 4. The van der Waals surface area contributed by atoms with Gasteiger partial charge in [0.25, 0.3) is 5.91 Å². The topological polar surface area (TPSA) is 45.7 Å². The van der Waals surface area contributed by atoms with E-state index in [2.05, 4.69) is 9.88 Å². The Hall–Kier alpha value is -2.11. The Morgan fingerprint density at radius 2 is 1.85 bits per heavy atom. The van der Waals surface area contributed by atoms with Gasteiger partial charge in [-0.15, -0.1) is 0 Å². The minimum absolute atomic E-state index is 0.0247. The summed E-state index contributed by atoms with van der Waals surface area (Å²) in [5.74, 6) is 1.24. The molecule has 1 aromatic carbocycles. The van der Waals surface area contributed by atoms with Crippen molar-refractivity contribution in [3.63, 3.8) is 0 Å². The summed E-state index contributed by atoms with van der Waals surface area (Å²) in [4.78, 5) is 21.5. The lowest BCUT2D eigenvalue weighted by atomic mass is 10.2. The summed E-state index contributed by atoms with van der Waals surface area (Å²) in [6.07, 6.45) is 6.86. The van der Waals surface area contributed by atoms with Crippen molar-refractivity contribution in [2.75, 3.05) is 26.2 Å². The lowest BCUT2D eigenvalue weighted by molar-refractivity contribution is 0.0760. The summed E-state index contributed by atoms with van der Waals surface area (Å²) in [6, 6.07) is 9.62. The molecule has 0 unspecified atom stereocenters. The van der Waals surface area contributed by atoms with Crippen LogP contribution in [0.5, 0.6) is 11.5 Å². The van der Waals surface area contributed by atoms with E-state index in [0.29, 0.717) is 22.1 Å². The third-order valence-corrected chi connectivity index (χ3v) is 5.14. The van der Waals surface area contributed by atoms with E-state index < -0.39 is 0 Å². The first-order valence-corrected chi connectivity index (χ1v) is 9.48. The number of pyridine rings is 1. The van der Waals surface area contributed by atoms with Gasteiger partial charge >= 0.3 is 0 Å². The molecule has 0 spiro atoms. The minimum Gasteiger partial charge on any atom is -0.456 e. The molecule has 1 saturated carbocycles.